The third kappa shape index (κ3) is 8.40. The first-order chi connectivity index (χ1) is 17.1. The van der Waals surface area contributed by atoms with Gasteiger partial charge < -0.3 is 15.0 Å². The van der Waals surface area contributed by atoms with Gasteiger partial charge in [-0.3, -0.25) is 13.9 Å². The first kappa shape index (κ1) is 31.0. The molecule has 2 aromatic rings. The van der Waals surface area contributed by atoms with E-state index >= 15 is 0 Å². The average Bonchev–Trinajstić information content (AvgIpc) is 2.77. The molecule has 0 fully saturated rings. The Morgan fingerprint density at radius 1 is 1.08 bits per heavy atom. The minimum Gasteiger partial charge on any atom is -0.495 e. The van der Waals surface area contributed by atoms with Crippen molar-refractivity contribution in [3.05, 3.63) is 57.0 Å². The fourth-order valence-electron chi connectivity index (χ4n) is 3.68. The first-order valence-electron chi connectivity index (χ1n) is 11.4. The molecule has 0 heterocycles. The number of anilines is 1. The van der Waals surface area contributed by atoms with Crippen molar-refractivity contribution in [1.82, 2.24) is 10.2 Å². The summed E-state index contributed by atoms with van der Waals surface area (Å²) in [5.74, 6) is -0.821. The van der Waals surface area contributed by atoms with Gasteiger partial charge in [0, 0.05) is 32.7 Å². The highest BCUT2D eigenvalue weighted by Crippen LogP contribution is 2.33. The Labute approximate surface area is 233 Å². The van der Waals surface area contributed by atoms with Gasteiger partial charge in [0.15, 0.2) is 0 Å². The van der Waals surface area contributed by atoms with Gasteiger partial charge in [0.05, 0.1) is 19.1 Å². The fourth-order valence-corrected chi connectivity index (χ4v) is 5.21. The number of carbonyl (C=O) groups is 2. The van der Waals surface area contributed by atoms with Crippen LogP contribution in [-0.4, -0.2) is 56.6 Å². The molecule has 0 aliphatic carbocycles. The molecule has 2 aromatic carbocycles. The van der Waals surface area contributed by atoms with E-state index in [1.165, 1.54) is 24.1 Å². The summed E-state index contributed by atoms with van der Waals surface area (Å²) < 4.78 is 31.9. The second-order valence-corrected chi connectivity index (χ2v) is 12.6. The molecule has 0 aliphatic heterocycles. The zero-order valence-corrected chi connectivity index (χ0v) is 24.7. The second-order valence-electron chi connectivity index (χ2n) is 9.47. The highest BCUT2D eigenvalue weighted by molar-refractivity contribution is 7.92. The molecule has 0 bridgehead atoms. The number of hydrogen-bond donors (Lipinski definition) is 1. The summed E-state index contributed by atoms with van der Waals surface area (Å²) in [4.78, 5) is 28.4. The molecule has 1 N–H and O–H groups in total. The Balaban J connectivity index is 2.59. The predicted molar refractivity (Wildman–Crippen MR) is 149 cm³/mol. The fraction of sp³-hybridized carbons (Fsp3) is 0.440. The highest BCUT2D eigenvalue weighted by atomic mass is 35.5. The molecule has 37 heavy (non-hydrogen) atoms. The van der Waals surface area contributed by atoms with Gasteiger partial charge in [-0.25, -0.2) is 8.42 Å². The topological polar surface area (TPSA) is 96.0 Å². The van der Waals surface area contributed by atoms with E-state index in [0.29, 0.717) is 15.6 Å². The molecule has 2 amide bonds. The van der Waals surface area contributed by atoms with E-state index < -0.39 is 40.0 Å². The zero-order chi connectivity index (χ0) is 28.1. The van der Waals surface area contributed by atoms with Crippen LogP contribution in [0, 0.1) is 0 Å². The van der Waals surface area contributed by atoms with Gasteiger partial charge in [0.2, 0.25) is 21.8 Å². The largest absolute Gasteiger partial charge is 0.495 e. The van der Waals surface area contributed by atoms with E-state index in [4.69, 9.17) is 39.5 Å². The van der Waals surface area contributed by atoms with Gasteiger partial charge in [0.25, 0.3) is 0 Å². The van der Waals surface area contributed by atoms with Crippen LogP contribution in [0.15, 0.2) is 36.4 Å². The van der Waals surface area contributed by atoms with Gasteiger partial charge in [-0.05, 0) is 57.5 Å². The van der Waals surface area contributed by atoms with Crippen LogP contribution >= 0.6 is 34.8 Å². The molecule has 12 heteroatoms. The molecule has 8 nitrogen and oxygen atoms in total. The van der Waals surface area contributed by atoms with Gasteiger partial charge in [-0.1, -0.05) is 47.8 Å². The van der Waals surface area contributed by atoms with Crippen molar-refractivity contribution in [3.63, 3.8) is 0 Å². The SMILES string of the molecule is CC[C@H](C(=O)NC(C)(C)C)N(Cc1c(Cl)cccc1Cl)C(=O)CN(c1cc(Cl)ccc1OC)S(C)(=O)=O. The van der Waals surface area contributed by atoms with Gasteiger partial charge in [-0.15, -0.1) is 0 Å². The van der Waals surface area contributed by atoms with E-state index in [1.54, 1.807) is 31.2 Å². The standard InChI is InChI=1S/C25H32Cl3N3O5S/c1-7-20(24(33)29-25(2,3)4)30(14-17-18(27)9-8-10-19(17)28)23(32)15-31(37(6,34)35)21-13-16(26)11-12-22(21)36-5/h8-13,20H,7,14-15H2,1-6H3,(H,29,33)/t20-/m1/s1. The minimum absolute atomic E-state index is 0.0915. The van der Waals surface area contributed by atoms with E-state index in [2.05, 4.69) is 5.32 Å². The maximum Gasteiger partial charge on any atom is 0.244 e. The number of ether oxygens (including phenoxy) is 1. The van der Waals surface area contributed by atoms with Crippen molar-refractivity contribution >= 4 is 62.3 Å². The van der Waals surface area contributed by atoms with Crippen molar-refractivity contribution in [3.8, 4) is 5.75 Å². The van der Waals surface area contributed by atoms with Crippen molar-refractivity contribution < 1.29 is 22.7 Å². The summed E-state index contributed by atoms with van der Waals surface area (Å²) in [5.41, 5.74) is -0.0324. The van der Waals surface area contributed by atoms with Crippen molar-refractivity contribution in [2.24, 2.45) is 0 Å². The van der Waals surface area contributed by atoms with Crippen molar-refractivity contribution in [1.29, 1.82) is 0 Å². The van der Waals surface area contributed by atoms with Crippen LogP contribution in [0.25, 0.3) is 0 Å². The number of halogens is 3. The van der Waals surface area contributed by atoms with E-state index in [0.717, 1.165) is 10.6 Å². The smallest absolute Gasteiger partial charge is 0.244 e. The summed E-state index contributed by atoms with van der Waals surface area (Å²) in [6.07, 6.45) is 1.23. The van der Waals surface area contributed by atoms with Crippen LogP contribution < -0.4 is 14.4 Å². The highest BCUT2D eigenvalue weighted by Gasteiger charge is 2.34. The molecule has 0 aromatic heterocycles. The number of nitrogens with one attached hydrogen (secondary N) is 1. The van der Waals surface area contributed by atoms with Crippen LogP contribution in [0.5, 0.6) is 5.75 Å². The molecular formula is C25H32Cl3N3O5S. The number of methoxy groups -OCH3 is 1. The lowest BCUT2D eigenvalue weighted by Crippen LogP contribution is -2.55. The Kier molecular flexibility index (Phi) is 10.5. The monoisotopic (exact) mass is 591 g/mol. The van der Waals surface area contributed by atoms with Gasteiger partial charge in [0.1, 0.15) is 18.3 Å². The molecule has 0 saturated heterocycles. The average molecular weight is 593 g/mol. The maximum absolute atomic E-state index is 13.8. The number of hydrogen-bond acceptors (Lipinski definition) is 5. The number of carbonyl (C=O) groups excluding carboxylic acids is 2. The third-order valence-corrected chi connectivity index (χ3v) is 7.43. The Morgan fingerprint density at radius 3 is 2.16 bits per heavy atom. The van der Waals surface area contributed by atoms with Crippen LogP contribution in [-0.2, 0) is 26.2 Å². The van der Waals surface area contributed by atoms with E-state index in [9.17, 15) is 18.0 Å². The van der Waals surface area contributed by atoms with Crippen LogP contribution in [0.2, 0.25) is 15.1 Å². The summed E-state index contributed by atoms with van der Waals surface area (Å²) in [6.45, 7) is 6.51. The number of nitrogens with zero attached hydrogens (tertiary/aromatic N) is 2. The Hall–Kier alpha value is -2.20. The summed E-state index contributed by atoms with van der Waals surface area (Å²) >= 11 is 18.9. The molecule has 1 atom stereocenters. The maximum atomic E-state index is 13.8. The molecule has 2 rings (SSSR count). The lowest BCUT2D eigenvalue weighted by molar-refractivity contribution is -0.141. The summed E-state index contributed by atoms with van der Waals surface area (Å²) in [5, 5.41) is 3.78. The number of amides is 2. The number of sulfonamides is 1. The number of benzene rings is 2. The van der Waals surface area contributed by atoms with Crippen LogP contribution in [0.4, 0.5) is 5.69 Å². The quantitative estimate of drug-likeness (QED) is 0.412. The Bertz CT molecular complexity index is 1230. The lowest BCUT2D eigenvalue weighted by Gasteiger charge is -2.35. The summed E-state index contributed by atoms with van der Waals surface area (Å²) in [7, 11) is -2.59. The Morgan fingerprint density at radius 2 is 1.68 bits per heavy atom. The molecule has 0 aliphatic rings. The zero-order valence-electron chi connectivity index (χ0n) is 21.6. The molecule has 0 radical (unpaired) electrons. The molecule has 204 valence electrons. The van der Waals surface area contributed by atoms with Crippen LogP contribution in [0.3, 0.4) is 0 Å². The minimum atomic E-state index is -3.97. The molecule has 0 saturated carbocycles. The normalized spacial score (nSPS) is 12.6. The first-order valence-corrected chi connectivity index (χ1v) is 14.4. The molecular weight excluding hydrogens is 561 g/mol. The van der Waals surface area contributed by atoms with Crippen molar-refractivity contribution in [2.75, 3.05) is 24.2 Å². The molecule has 0 spiro atoms. The predicted octanol–water partition coefficient (Wildman–Crippen LogP) is 5.14. The van der Waals surface area contributed by atoms with Crippen LogP contribution in [0.1, 0.15) is 39.7 Å². The van der Waals surface area contributed by atoms with E-state index in [1.807, 2.05) is 20.8 Å². The summed E-state index contributed by atoms with van der Waals surface area (Å²) in [6, 6.07) is 8.44. The van der Waals surface area contributed by atoms with Gasteiger partial charge >= 0.3 is 0 Å². The number of rotatable bonds is 10. The van der Waals surface area contributed by atoms with Gasteiger partial charge in [-0.2, -0.15) is 0 Å². The van der Waals surface area contributed by atoms with Crippen molar-refractivity contribution in [2.45, 2.75) is 52.2 Å². The third-order valence-electron chi connectivity index (χ3n) is 5.36. The van der Waals surface area contributed by atoms with E-state index in [-0.39, 0.29) is 29.4 Å². The molecule has 0 unspecified atom stereocenters. The lowest BCUT2D eigenvalue weighted by atomic mass is 10.1. The second kappa shape index (κ2) is 12.6.